The summed E-state index contributed by atoms with van der Waals surface area (Å²) in [4.78, 5) is 28.3. The van der Waals surface area contributed by atoms with Crippen LogP contribution in [0.4, 0.5) is 5.69 Å². The van der Waals surface area contributed by atoms with Gasteiger partial charge >= 0.3 is 0 Å². The lowest BCUT2D eigenvalue weighted by atomic mass is 9.91. The summed E-state index contributed by atoms with van der Waals surface area (Å²) >= 11 is 0. The van der Waals surface area contributed by atoms with Crippen molar-refractivity contribution in [2.45, 2.75) is 39.7 Å². The van der Waals surface area contributed by atoms with Crippen LogP contribution in [0.5, 0.6) is 11.5 Å². The van der Waals surface area contributed by atoms with Crippen LogP contribution in [0, 0.1) is 6.92 Å². The second-order valence-electron chi connectivity index (χ2n) is 9.07. The molecule has 1 aliphatic heterocycles. The number of amides is 1. The van der Waals surface area contributed by atoms with E-state index >= 15 is 0 Å². The van der Waals surface area contributed by atoms with Gasteiger partial charge in [0.15, 0.2) is 0 Å². The number of aryl methyl sites for hydroxylation is 1. The third-order valence-electron chi connectivity index (χ3n) is 6.46. The van der Waals surface area contributed by atoms with Crippen molar-refractivity contribution in [1.29, 1.82) is 0 Å². The largest absolute Gasteiger partial charge is 0.507 e. The fourth-order valence-electron chi connectivity index (χ4n) is 4.64. The first-order chi connectivity index (χ1) is 17.3. The molecule has 1 aliphatic rings. The Hall–Kier alpha value is -4.06. The van der Waals surface area contributed by atoms with Crippen LogP contribution in [-0.2, 0) is 9.59 Å². The second kappa shape index (κ2) is 10.3. The monoisotopic (exact) mass is 485 g/mol. The maximum absolute atomic E-state index is 13.5. The fourth-order valence-corrected chi connectivity index (χ4v) is 4.64. The summed E-state index contributed by atoms with van der Waals surface area (Å²) in [5, 5.41) is 11.5. The number of rotatable bonds is 7. The molecular weight excluding hydrogens is 454 g/mol. The van der Waals surface area contributed by atoms with Crippen molar-refractivity contribution in [1.82, 2.24) is 0 Å². The average Bonchev–Trinajstić information content (AvgIpc) is 3.14. The molecular formula is C30H31NO5. The van der Waals surface area contributed by atoms with Crippen LogP contribution >= 0.6 is 0 Å². The third-order valence-corrected chi connectivity index (χ3v) is 6.46. The number of benzene rings is 3. The molecule has 0 aromatic heterocycles. The molecule has 0 spiro atoms. The van der Waals surface area contributed by atoms with E-state index < -0.39 is 17.7 Å². The summed E-state index contributed by atoms with van der Waals surface area (Å²) in [5.41, 5.74) is 3.60. The number of carbonyl (C=O) groups is 2. The first-order valence-corrected chi connectivity index (χ1v) is 12.1. The molecule has 186 valence electrons. The first kappa shape index (κ1) is 25.0. The predicted octanol–water partition coefficient (Wildman–Crippen LogP) is 6.15. The highest BCUT2D eigenvalue weighted by Gasteiger charge is 2.47. The molecule has 1 amide bonds. The molecule has 36 heavy (non-hydrogen) atoms. The van der Waals surface area contributed by atoms with Crippen LogP contribution in [-0.4, -0.2) is 30.5 Å². The molecule has 1 atom stereocenters. The Labute approximate surface area is 211 Å². The fraction of sp³-hybridized carbons (Fsp3) is 0.267. The smallest absolute Gasteiger partial charge is 0.300 e. The van der Waals surface area contributed by atoms with Gasteiger partial charge in [-0.3, -0.25) is 14.5 Å². The SMILES string of the molecule is CCOc1ccc(/C(O)=C2\C(=O)C(=O)N(c3cccc(OC)c3)C2c2ccccc2C)cc1C(C)C. The van der Waals surface area contributed by atoms with E-state index in [-0.39, 0.29) is 17.3 Å². The number of carbonyl (C=O) groups excluding carboxylic acids is 2. The highest BCUT2D eigenvalue weighted by atomic mass is 16.5. The average molecular weight is 486 g/mol. The third kappa shape index (κ3) is 4.47. The highest BCUT2D eigenvalue weighted by molar-refractivity contribution is 6.51. The van der Waals surface area contributed by atoms with E-state index in [2.05, 4.69) is 0 Å². The Kier molecular flexibility index (Phi) is 7.15. The number of ketones is 1. The zero-order valence-electron chi connectivity index (χ0n) is 21.2. The minimum Gasteiger partial charge on any atom is -0.507 e. The van der Waals surface area contributed by atoms with Crippen LogP contribution in [0.1, 0.15) is 55.0 Å². The predicted molar refractivity (Wildman–Crippen MR) is 141 cm³/mol. The van der Waals surface area contributed by atoms with Gasteiger partial charge in [-0.2, -0.15) is 0 Å². The molecule has 1 N–H and O–H groups in total. The summed E-state index contributed by atoms with van der Waals surface area (Å²) in [6.45, 7) is 8.44. The number of ether oxygens (including phenoxy) is 2. The Balaban J connectivity index is 1.95. The summed E-state index contributed by atoms with van der Waals surface area (Å²) in [5.74, 6) is -0.221. The minimum atomic E-state index is -0.799. The number of aliphatic hydroxyl groups is 1. The second-order valence-corrected chi connectivity index (χ2v) is 9.07. The zero-order valence-corrected chi connectivity index (χ0v) is 21.2. The maximum Gasteiger partial charge on any atom is 0.300 e. The molecule has 1 unspecified atom stereocenters. The van der Waals surface area contributed by atoms with Crippen molar-refractivity contribution in [2.24, 2.45) is 0 Å². The molecule has 1 saturated heterocycles. The Bertz CT molecular complexity index is 1340. The van der Waals surface area contributed by atoms with Crippen LogP contribution in [0.2, 0.25) is 0 Å². The van der Waals surface area contributed by atoms with E-state index in [0.29, 0.717) is 23.6 Å². The van der Waals surface area contributed by atoms with Crippen LogP contribution in [0.15, 0.2) is 72.3 Å². The van der Waals surface area contributed by atoms with Gasteiger partial charge in [0.2, 0.25) is 0 Å². The summed E-state index contributed by atoms with van der Waals surface area (Å²) in [7, 11) is 1.55. The lowest BCUT2D eigenvalue weighted by Crippen LogP contribution is -2.29. The van der Waals surface area contributed by atoms with E-state index in [0.717, 1.165) is 22.4 Å². The van der Waals surface area contributed by atoms with Crippen molar-refractivity contribution in [3.63, 3.8) is 0 Å². The summed E-state index contributed by atoms with van der Waals surface area (Å²) in [6, 6.07) is 19.1. The lowest BCUT2D eigenvalue weighted by molar-refractivity contribution is -0.132. The number of anilines is 1. The number of Topliss-reactive ketones (excluding diaryl/α,β-unsaturated/α-hetero) is 1. The van der Waals surface area contributed by atoms with Gasteiger partial charge in [0.05, 0.1) is 25.3 Å². The van der Waals surface area contributed by atoms with E-state index in [1.807, 2.05) is 58.0 Å². The molecule has 0 saturated carbocycles. The van der Waals surface area contributed by atoms with Crippen molar-refractivity contribution < 1.29 is 24.2 Å². The first-order valence-electron chi connectivity index (χ1n) is 12.1. The standard InChI is InChI=1S/C30H31NO5/c1-6-36-25-15-14-20(16-24(25)18(2)3)28(32)26-27(23-13-8-7-10-19(23)4)31(30(34)29(26)33)21-11-9-12-22(17-21)35-5/h7-18,27,32H,6H2,1-5H3/b28-26+. The molecule has 3 aromatic rings. The summed E-state index contributed by atoms with van der Waals surface area (Å²) in [6.07, 6.45) is 0. The van der Waals surface area contributed by atoms with E-state index in [1.54, 1.807) is 43.5 Å². The van der Waals surface area contributed by atoms with Gasteiger partial charge in [0, 0.05) is 17.3 Å². The van der Waals surface area contributed by atoms with Gasteiger partial charge in [-0.25, -0.2) is 0 Å². The molecule has 6 nitrogen and oxygen atoms in total. The van der Waals surface area contributed by atoms with Crippen LogP contribution in [0.3, 0.4) is 0 Å². The molecule has 4 rings (SSSR count). The number of nitrogens with zero attached hydrogens (tertiary/aromatic N) is 1. The zero-order chi connectivity index (χ0) is 26.0. The molecule has 0 radical (unpaired) electrons. The number of hydrogen-bond donors (Lipinski definition) is 1. The van der Waals surface area contributed by atoms with Gasteiger partial charge in [0.25, 0.3) is 11.7 Å². The molecule has 0 aliphatic carbocycles. The van der Waals surface area contributed by atoms with Gasteiger partial charge < -0.3 is 14.6 Å². The van der Waals surface area contributed by atoms with Crippen molar-refractivity contribution in [3.05, 3.63) is 94.6 Å². The topological polar surface area (TPSA) is 76.1 Å². The Morgan fingerprint density at radius 1 is 1.03 bits per heavy atom. The minimum absolute atomic E-state index is 0.0518. The number of methoxy groups -OCH3 is 1. The van der Waals surface area contributed by atoms with Gasteiger partial charge in [-0.05, 0) is 66.8 Å². The van der Waals surface area contributed by atoms with Crippen molar-refractivity contribution in [3.8, 4) is 11.5 Å². The molecule has 3 aromatic carbocycles. The normalized spacial score (nSPS) is 17.1. The molecule has 6 heteroatoms. The van der Waals surface area contributed by atoms with E-state index in [9.17, 15) is 14.7 Å². The van der Waals surface area contributed by atoms with Crippen molar-refractivity contribution >= 4 is 23.1 Å². The van der Waals surface area contributed by atoms with Crippen LogP contribution < -0.4 is 14.4 Å². The molecule has 0 bridgehead atoms. The van der Waals surface area contributed by atoms with Crippen molar-refractivity contribution in [2.75, 3.05) is 18.6 Å². The summed E-state index contributed by atoms with van der Waals surface area (Å²) < 4.78 is 11.1. The highest BCUT2D eigenvalue weighted by Crippen LogP contribution is 2.44. The van der Waals surface area contributed by atoms with Gasteiger partial charge in [-0.1, -0.05) is 44.2 Å². The molecule has 1 heterocycles. The van der Waals surface area contributed by atoms with E-state index in [1.165, 1.54) is 4.90 Å². The van der Waals surface area contributed by atoms with Gasteiger partial charge in [0.1, 0.15) is 17.3 Å². The maximum atomic E-state index is 13.5. The number of hydrogen-bond acceptors (Lipinski definition) is 5. The van der Waals surface area contributed by atoms with E-state index in [4.69, 9.17) is 9.47 Å². The van der Waals surface area contributed by atoms with Crippen LogP contribution in [0.25, 0.3) is 5.76 Å². The lowest BCUT2D eigenvalue weighted by Gasteiger charge is -2.27. The Morgan fingerprint density at radius 2 is 1.78 bits per heavy atom. The Morgan fingerprint density at radius 3 is 2.44 bits per heavy atom. The molecule has 1 fully saturated rings. The quantitative estimate of drug-likeness (QED) is 0.247. The number of aliphatic hydroxyl groups excluding tert-OH is 1. The van der Waals surface area contributed by atoms with Gasteiger partial charge in [-0.15, -0.1) is 0 Å².